The fraction of sp³-hybridized carbons (Fsp3) is 0.462. The number of hydrogen-bond donors (Lipinski definition) is 1. The van der Waals surface area contributed by atoms with Crippen LogP contribution in [0.4, 0.5) is 13.2 Å². The van der Waals surface area contributed by atoms with Gasteiger partial charge in [-0.25, -0.2) is 0 Å². The average Bonchev–Trinajstić information content (AvgIpc) is 2.23. The topological polar surface area (TPSA) is 38.3 Å². The van der Waals surface area contributed by atoms with Crippen LogP contribution >= 0.6 is 0 Å². The molecule has 0 atom stereocenters. The Hall–Kier alpha value is -1.72. The molecule has 1 amide bonds. The molecule has 0 aromatic heterocycles. The summed E-state index contributed by atoms with van der Waals surface area (Å²) in [6, 6.07) is 4.98. The molecule has 1 N–H and O–H groups in total. The van der Waals surface area contributed by atoms with Crippen molar-refractivity contribution in [2.45, 2.75) is 27.1 Å². The van der Waals surface area contributed by atoms with Crippen LogP contribution in [-0.2, 0) is 0 Å². The number of alkyl halides is 3. The summed E-state index contributed by atoms with van der Waals surface area (Å²) in [5, 5.41) is 2.65. The lowest BCUT2D eigenvalue weighted by atomic mass is 9.97. The highest BCUT2D eigenvalue weighted by Gasteiger charge is 2.31. The summed E-state index contributed by atoms with van der Waals surface area (Å²) in [6.45, 7) is 6.25. The highest BCUT2D eigenvalue weighted by molar-refractivity contribution is 5.94. The Morgan fingerprint density at radius 3 is 2.42 bits per heavy atom. The Kier molecular flexibility index (Phi) is 4.44. The molecule has 0 aliphatic rings. The maximum Gasteiger partial charge on any atom is 0.573 e. The minimum absolute atomic E-state index is 0.101. The van der Waals surface area contributed by atoms with Gasteiger partial charge in [-0.3, -0.25) is 4.79 Å². The molecule has 0 heterocycles. The molecule has 6 heteroatoms. The SMILES string of the molecule is CC(C)(C)CNC(=O)c1cccc(OC(F)(F)F)c1. The lowest BCUT2D eigenvalue weighted by Gasteiger charge is -2.18. The van der Waals surface area contributed by atoms with Gasteiger partial charge < -0.3 is 10.1 Å². The van der Waals surface area contributed by atoms with Crippen LogP contribution < -0.4 is 10.1 Å². The van der Waals surface area contributed by atoms with E-state index in [2.05, 4.69) is 10.1 Å². The zero-order valence-corrected chi connectivity index (χ0v) is 11.0. The molecule has 1 aromatic carbocycles. The third-order valence-corrected chi connectivity index (χ3v) is 2.11. The first-order valence-corrected chi connectivity index (χ1v) is 5.71. The van der Waals surface area contributed by atoms with Gasteiger partial charge >= 0.3 is 6.36 Å². The van der Waals surface area contributed by atoms with Crippen molar-refractivity contribution in [1.29, 1.82) is 0 Å². The molecule has 0 aliphatic carbocycles. The molecule has 0 aliphatic heterocycles. The van der Waals surface area contributed by atoms with E-state index in [0.717, 1.165) is 12.1 Å². The van der Waals surface area contributed by atoms with Crippen molar-refractivity contribution in [2.24, 2.45) is 5.41 Å². The lowest BCUT2D eigenvalue weighted by molar-refractivity contribution is -0.274. The number of nitrogens with one attached hydrogen (secondary N) is 1. The van der Waals surface area contributed by atoms with Crippen molar-refractivity contribution < 1.29 is 22.7 Å². The van der Waals surface area contributed by atoms with Crippen molar-refractivity contribution in [1.82, 2.24) is 5.32 Å². The largest absolute Gasteiger partial charge is 0.573 e. The van der Waals surface area contributed by atoms with Gasteiger partial charge in [0, 0.05) is 12.1 Å². The molecular weight excluding hydrogens is 259 g/mol. The van der Waals surface area contributed by atoms with Crippen LogP contribution in [0.5, 0.6) is 5.75 Å². The minimum Gasteiger partial charge on any atom is -0.406 e. The highest BCUT2D eigenvalue weighted by Crippen LogP contribution is 2.23. The molecule has 0 saturated heterocycles. The van der Waals surface area contributed by atoms with Crippen LogP contribution in [-0.4, -0.2) is 18.8 Å². The van der Waals surface area contributed by atoms with E-state index < -0.39 is 18.0 Å². The molecule has 0 saturated carbocycles. The van der Waals surface area contributed by atoms with Crippen LogP contribution in [0.15, 0.2) is 24.3 Å². The maximum absolute atomic E-state index is 12.1. The lowest BCUT2D eigenvalue weighted by Crippen LogP contribution is -2.32. The second-order valence-electron chi connectivity index (χ2n) is 5.32. The van der Waals surface area contributed by atoms with Crippen molar-refractivity contribution in [3.8, 4) is 5.75 Å². The van der Waals surface area contributed by atoms with E-state index in [1.54, 1.807) is 0 Å². The predicted octanol–water partition coefficient (Wildman–Crippen LogP) is 3.36. The summed E-state index contributed by atoms with van der Waals surface area (Å²) in [5.74, 6) is -0.835. The molecule has 0 bridgehead atoms. The Morgan fingerprint density at radius 2 is 1.89 bits per heavy atom. The van der Waals surface area contributed by atoms with E-state index in [-0.39, 0.29) is 11.0 Å². The monoisotopic (exact) mass is 275 g/mol. The smallest absolute Gasteiger partial charge is 0.406 e. The molecule has 19 heavy (non-hydrogen) atoms. The second kappa shape index (κ2) is 5.50. The van der Waals surface area contributed by atoms with Gasteiger partial charge in [0.2, 0.25) is 0 Å². The molecule has 0 radical (unpaired) electrons. The summed E-state index contributed by atoms with van der Waals surface area (Å²) >= 11 is 0. The Bertz CT molecular complexity index is 450. The van der Waals surface area contributed by atoms with E-state index >= 15 is 0 Å². The molecule has 0 spiro atoms. The van der Waals surface area contributed by atoms with Crippen molar-refractivity contribution in [2.75, 3.05) is 6.54 Å². The normalized spacial score (nSPS) is 12.1. The van der Waals surface area contributed by atoms with Crippen molar-refractivity contribution >= 4 is 5.91 Å². The number of amides is 1. The van der Waals surface area contributed by atoms with E-state index in [1.807, 2.05) is 20.8 Å². The molecule has 3 nitrogen and oxygen atoms in total. The number of rotatable bonds is 3. The zero-order valence-electron chi connectivity index (χ0n) is 11.0. The fourth-order valence-corrected chi connectivity index (χ4v) is 1.28. The number of carbonyl (C=O) groups is 1. The zero-order chi connectivity index (χ0) is 14.7. The summed E-state index contributed by atoms with van der Waals surface area (Å²) in [4.78, 5) is 11.8. The van der Waals surface area contributed by atoms with Crippen LogP contribution in [0.1, 0.15) is 31.1 Å². The van der Waals surface area contributed by atoms with Gasteiger partial charge in [0.25, 0.3) is 5.91 Å². The first-order valence-electron chi connectivity index (χ1n) is 5.71. The molecular formula is C13H16F3NO2. The summed E-state index contributed by atoms with van der Waals surface area (Å²) < 4.78 is 39.9. The van der Waals surface area contributed by atoms with Gasteiger partial charge in [0.15, 0.2) is 0 Å². The van der Waals surface area contributed by atoms with Gasteiger partial charge in [-0.15, -0.1) is 13.2 Å². The van der Waals surface area contributed by atoms with Crippen LogP contribution in [0.25, 0.3) is 0 Å². The quantitative estimate of drug-likeness (QED) is 0.918. The average molecular weight is 275 g/mol. The third-order valence-electron chi connectivity index (χ3n) is 2.11. The standard InChI is InChI=1S/C13H16F3NO2/c1-12(2,3)8-17-11(18)9-5-4-6-10(7-9)19-13(14,15)16/h4-7H,8H2,1-3H3,(H,17,18). The fourth-order valence-electron chi connectivity index (χ4n) is 1.28. The first-order chi connectivity index (χ1) is 8.57. The molecule has 1 rings (SSSR count). The van der Waals surface area contributed by atoms with E-state index in [4.69, 9.17) is 0 Å². The highest BCUT2D eigenvalue weighted by atomic mass is 19.4. The van der Waals surface area contributed by atoms with Crippen molar-refractivity contribution in [3.05, 3.63) is 29.8 Å². The number of ether oxygens (including phenoxy) is 1. The number of halogens is 3. The molecule has 106 valence electrons. The van der Waals surface area contributed by atoms with Crippen LogP contribution in [0.2, 0.25) is 0 Å². The first kappa shape index (κ1) is 15.3. The second-order valence-corrected chi connectivity index (χ2v) is 5.32. The Morgan fingerprint density at radius 1 is 1.26 bits per heavy atom. The summed E-state index contributed by atoms with van der Waals surface area (Å²) in [5.41, 5.74) is 0.0291. The van der Waals surface area contributed by atoms with E-state index in [9.17, 15) is 18.0 Å². The summed E-state index contributed by atoms with van der Waals surface area (Å²) in [6.07, 6.45) is -4.76. The number of carbonyl (C=O) groups excluding carboxylic acids is 1. The summed E-state index contributed by atoms with van der Waals surface area (Å²) in [7, 11) is 0. The van der Waals surface area contributed by atoms with Gasteiger partial charge in [-0.05, 0) is 23.6 Å². The van der Waals surface area contributed by atoms with Crippen LogP contribution in [0, 0.1) is 5.41 Å². The Balaban J connectivity index is 2.73. The van der Waals surface area contributed by atoms with Crippen LogP contribution in [0.3, 0.4) is 0 Å². The van der Waals surface area contributed by atoms with Crippen molar-refractivity contribution in [3.63, 3.8) is 0 Å². The number of benzene rings is 1. The van der Waals surface area contributed by atoms with Gasteiger partial charge in [-0.2, -0.15) is 0 Å². The molecule has 0 unspecified atom stereocenters. The maximum atomic E-state index is 12.1. The Labute approximate surface area is 109 Å². The molecule has 0 fully saturated rings. The van der Waals surface area contributed by atoms with E-state index in [1.165, 1.54) is 12.1 Å². The third kappa shape index (κ3) is 6.13. The van der Waals surface area contributed by atoms with E-state index in [0.29, 0.717) is 6.54 Å². The molecule has 1 aromatic rings. The van der Waals surface area contributed by atoms with Gasteiger partial charge in [-0.1, -0.05) is 26.8 Å². The number of hydrogen-bond acceptors (Lipinski definition) is 2. The van der Waals surface area contributed by atoms with Gasteiger partial charge in [0.1, 0.15) is 5.75 Å². The minimum atomic E-state index is -4.76. The van der Waals surface area contributed by atoms with Gasteiger partial charge in [0.05, 0.1) is 0 Å². The predicted molar refractivity (Wildman–Crippen MR) is 64.9 cm³/mol.